The fourth-order valence-corrected chi connectivity index (χ4v) is 2.23. The number of hydrogen-bond donors (Lipinski definition) is 1. The van der Waals surface area contributed by atoms with E-state index in [0.717, 1.165) is 38.2 Å². The zero-order valence-electron chi connectivity index (χ0n) is 10.8. The van der Waals surface area contributed by atoms with E-state index in [4.69, 9.17) is 10.5 Å². The summed E-state index contributed by atoms with van der Waals surface area (Å²) in [5.74, 6) is 0.742. The van der Waals surface area contributed by atoms with Gasteiger partial charge in [-0.3, -0.25) is 9.69 Å². The van der Waals surface area contributed by atoms with Gasteiger partial charge in [-0.1, -0.05) is 12.1 Å². The van der Waals surface area contributed by atoms with E-state index in [9.17, 15) is 4.79 Å². The number of hydrogen-bond acceptors (Lipinski definition) is 3. The molecule has 2 rings (SSSR count). The minimum absolute atomic E-state index is 0.281. The van der Waals surface area contributed by atoms with Crippen LogP contribution in [0.5, 0.6) is 5.75 Å². The smallest absolute Gasteiger partial charge is 0.231 e. The topological polar surface area (TPSA) is 55.6 Å². The van der Waals surface area contributed by atoms with Gasteiger partial charge in [0, 0.05) is 6.54 Å². The lowest BCUT2D eigenvalue weighted by Crippen LogP contribution is -2.32. The highest BCUT2D eigenvalue weighted by atomic mass is 16.5. The molecule has 0 spiro atoms. The Morgan fingerprint density at radius 3 is 3.11 bits per heavy atom. The number of aryl methyl sites for hydroxylation is 1. The van der Waals surface area contributed by atoms with E-state index in [2.05, 4.69) is 18.2 Å². The van der Waals surface area contributed by atoms with Gasteiger partial charge in [-0.05, 0) is 43.5 Å². The summed E-state index contributed by atoms with van der Waals surface area (Å²) in [6, 6.07) is 6.37. The maximum atomic E-state index is 10.8. The number of carbonyl (C=O) groups excluding carboxylic acids is 1. The third-order valence-electron chi connectivity index (χ3n) is 3.18. The van der Waals surface area contributed by atoms with Gasteiger partial charge in [0.25, 0.3) is 0 Å². The second kappa shape index (κ2) is 5.87. The van der Waals surface area contributed by atoms with Gasteiger partial charge in [0.05, 0.1) is 13.2 Å². The maximum Gasteiger partial charge on any atom is 0.231 e. The first-order valence-corrected chi connectivity index (χ1v) is 6.36. The molecule has 1 heterocycles. The molecule has 0 fully saturated rings. The lowest BCUT2D eigenvalue weighted by molar-refractivity contribution is -0.118. The molecule has 0 unspecified atom stereocenters. The first-order valence-electron chi connectivity index (χ1n) is 6.36. The molecule has 0 atom stereocenters. The van der Waals surface area contributed by atoms with Crippen LogP contribution in [0.4, 0.5) is 0 Å². The molecule has 4 nitrogen and oxygen atoms in total. The largest absolute Gasteiger partial charge is 0.493 e. The Bertz CT molecular complexity index is 432. The molecule has 0 saturated carbocycles. The molecule has 98 valence electrons. The van der Waals surface area contributed by atoms with Crippen molar-refractivity contribution in [1.29, 1.82) is 0 Å². The van der Waals surface area contributed by atoms with Crippen LogP contribution in [0.25, 0.3) is 0 Å². The standard InChI is InChI=1S/C14H20N2O2/c1-16(10-14(15)17)7-6-11-4-5-13-12(9-11)3-2-8-18-13/h4-5,9H,2-3,6-8,10H2,1H3,(H2,15,17). The van der Waals surface area contributed by atoms with Crippen LogP contribution in [0.3, 0.4) is 0 Å². The number of benzene rings is 1. The Hall–Kier alpha value is -1.55. The summed E-state index contributed by atoms with van der Waals surface area (Å²) in [7, 11) is 1.91. The fraction of sp³-hybridized carbons (Fsp3) is 0.500. The molecule has 4 heteroatoms. The highest BCUT2D eigenvalue weighted by molar-refractivity contribution is 5.75. The molecule has 0 saturated heterocycles. The minimum Gasteiger partial charge on any atom is -0.493 e. The number of amides is 1. The van der Waals surface area contributed by atoms with Crippen LogP contribution in [-0.4, -0.2) is 37.6 Å². The molecule has 2 N–H and O–H groups in total. The number of likely N-dealkylation sites (N-methyl/N-ethyl adjacent to an activating group) is 1. The minimum atomic E-state index is -0.281. The summed E-state index contributed by atoms with van der Waals surface area (Å²) in [6.45, 7) is 1.98. The highest BCUT2D eigenvalue weighted by Gasteiger charge is 2.10. The summed E-state index contributed by atoms with van der Waals surface area (Å²) >= 11 is 0. The van der Waals surface area contributed by atoms with Crippen molar-refractivity contribution < 1.29 is 9.53 Å². The van der Waals surface area contributed by atoms with Crippen LogP contribution < -0.4 is 10.5 Å². The van der Waals surface area contributed by atoms with E-state index >= 15 is 0 Å². The van der Waals surface area contributed by atoms with Crippen LogP contribution in [0.2, 0.25) is 0 Å². The fourth-order valence-electron chi connectivity index (χ4n) is 2.23. The lowest BCUT2D eigenvalue weighted by atomic mass is 10.0. The number of nitrogens with two attached hydrogens (primary N) is 1. The first kappa shape index (κ1) is 12.9. The Labute approximate surface area is 108 Å². The molecule has 0 bridgehead atoms. The summed E-state index contributed by atoms with van der Waals surface area (Å²) in [5, 5.41) is 0. The van der Waals surface area contributed by atoms with Gasteiger partial charge in [-0.2, -0.15) is 0 Å². The van der Waals surface area contributed by atoms with Crippen molar-refractivity contribution >= 4 is 5.91 Å². The van der Waals surface area contributed by atoms with Gasteiger partial charge in [0.1, 0.15) is 5.75 Å². The van der Waals surface area contributed by atoms with Crippen molar-refractivity contribution in [2.75, 3.05) is 26.7 Å². The second-order valence-corrected chi connectivity index (χ2v) is 4.85. The molecule has 18 heavy (non-hydrogen) atoms. The number of primary amides is 1. The average Bonchev–Trinajstić information content (AvgIpc) is 2.35. The summed E-state index contributed by atoms with van der Waals surface area (Å²) in [4.78, 5) is 12.7. The summed E-state index contributed by atoms with van der Waals surface area (Å²) < 4.78 is 5.59. The van der Waals surface area contributed by atoms with Gasteiger partial charge in [-0.15, -0.1) is 0 Å². The van der Waals surface area contributed by atoms with Crippen LogP contribution in [0.1, 0.15) is 17.5 Å². The zero-order valence-corrected chi connectivity index (χ0v) is 10.8. The van der Waals surface area contributed by atoms with E-state index in [1.165, 1.54) is 11.1 Å². The van der Waals surface area contributed by atoms with Gasteiger partial charge >= 0.3 is 0 Å². The van der Waals surface area contributed by atoms with Gasteiger partial charge in [-0.25, -0.2) is 0 Å². The van der Waals surface area contributed by atoms with Crippen molar-refractivity contribution in [1.82, 2.24) is 4.90 Å². The Morgan fingerprint density at radius 1 is 1.50 bits per heavy atom. The van der Waals surface area contributed by atoms with Crippen molar-refractivity contribution in [3.8, 4) is 5.75 Å². The van der Waals surface area contributed by atoms with Crippen LogP contribution in [0, 0.1) is 0 Å². The quantitative estimate of drug-likeness (QED) is 0.845. The predicted molar refractivity (Wildman–Crippen MR) is 70.7 cm³/mol. The van der Waals surface area contributed by atoms with Crippen LogP contribution in [0.15, 0.2) is 18.2 Å². The average molecular weight is 248 g/mol. The first-order chi connectivity index (χ1) is 8.65. The third-order valence-corrected chi connectivity index (χ3v) is 3.18. The Balaban J connectivity index is 1.91. The molecule has 1 aliphatic heterocycles. The predicted octanol–water partition coefficient (Wildman–Crippen LogP) is 0.971. The molecule has 0 aliphatic carbocycles. The molecule has 0 aromatic heterocycles. The Kier molecular flexibility index (Phi) is 4.20. The monoisotopic (exact) mass is 248 g/mol. The third kappa shape index (κ3) is 3.47. The van der Waals surface area contributed by atoms with Crippen molar-refractivity contribution in [3.63, 3.8) is 0 Å². The van der Waals surface area contributed by atoms with Gasteiger partial charge in [0.2, 0.25) is 5.91 Å². The molecule has 1 aliphatic rings. The number of ether oxygens (including phenoxy) is 1. The van der Waals surface area contributed by atoms with Gasteiger partial charge in [0.15, 0.2) is 0 Å². The van der Waals surface area contributed by atoms with E-state index in [-0.39, 0.29) is 5.91 Å². The van der Waals surface area contributed by atoms with Crippen molar-refractivity contribution in [3.05, 3.63) is 29.3 Å². The number of carbonyl (C=O) groups is 1. The SMILES string of the molecule is CN(CCc1ccc2c(c1)CCCO2)CC(N)=O. The molecule has 0 radical (unpaired) electrons. The maximum absolute atomic E-state index is 10.8. The van der Waals surface area contributed by atoms with Crippen LogP contribution >= 0.6 is 0 Å². The number of nitrogens with zero attached hydrogens (tertiary/aromatic N) is 1. The molecule has 1 aromatic carbocycles. The Morgan fingerprint density at radius 2 is 2.33 bits per heavy atom. The zero-order chi connectivity index (χ0) is 13.0. The van der Waals surface area contributed by atoms with Crippen LogP contribution in [-0.2, 0) is 17.6 Å². The van der Waals surface area contributed by atoms with E-state index in [1.54, 1.807) is 0 Å². The lowest BCUT2D eigenvalue weighted by Gasteiger charge is -2.19. The van der Waals surface area contributed by atoms with Crippen molar-refractivity contribution in [2.45, 2.75) is 19.3 Å². The highest BCUT2D eigenvalue weighted by Crippen LogP contribution is 2.25. The van der Waals surface area contributed by atoms with Gasteiger partial charge < -0.3 is 10.5 Å². The molecular weight excluding hydrogens is 228 g/mol. The van der Waals surface area contributed by atoms with Crippen molar-refractivity contribution in [2.24, 2.45) is 5.73 Å². The van der Waals surface area contributed by atoms with E-state index in [0.29, 0.717) is 6.54 Å². The molecule has 1 aromatic rings. The molecule has 1 amide bonds. The normalized spacial score (nSPS) is 14.1. The van der Waals surface area contributed by atoms with E-state index < -0.39 is 0 Å². The number of rotatable bonds is 5. The summed E-state index contributed by atoms with van der Waals surface area (Å²) in [6.07, 6.45) is 3.12. The van der Waals surface area contributed by atoms with E-state index in [1.807, 2.05) is 11.9 Å². The molecular formula is C14H20N2O2. The summed E-state index contributed by atoms with van der Waals surface area (Å²) in [5.41, 5.74) is 7.75. The number of fused-ring (bicyclic) bond motifs is 1. The second-order valence-electron chi connectivity index (χ2n) is 4.85.